The summed E-state index contributed by atoms with van der Waals surface area (Å²) in [5, 5.41) is 3.30. The number of ether oxygens (including phenoxy) is 2. The molecule has 0 fully saturated rings. The van der Waals surface area contributed by atoms with Crippen LogP contribution >= 0.6 is 11.3 Å². The minimum atomic E-state index is -1.08. The number of methoxy groups -OCH3 is 1. The SMILES string of the molecule is CCC(OC(=O)c1ccc2nc(-c3ccco3)c(-c3ccco3)nc2c1)C(=O)Nc1sc2c(c1C(=O)OC)CCCCCC2. The molecule has 44 heavy (non-hydrogen) atoms. The maximum absolute atomic E-state index is 13.4. The van der Waals surface area contributed by atoms with E-state index in [1.165, 1.54) is 18.4 Å². The first-order chi connectivity index (χ1) is 21.5. The first kappa shape index (κ1) is 29.3. The van der Waals surface area contributed by atoms with Gasteiger partial charge in [0.25, 0.3) is 5.91 Å². The Hall–Kier alpha value is -4.77. The molecule has 0 spiro atoms. The summed E-state index contributed by atoms with van der Waals surface area (Å²) >= 11 is 1.40. The molecule has 4 heterocycles. The van der Waals surface area contributed by atoms with Gasteiger partial charge in [0.1, 0.15) is 16.4 Å². The maximum atomic E-state index is 13.4. The number of carbonyl (C=O) groups excluding carboxylic acids is 3. The summed E-state index contributed by atoms with van der Waals surface area (Å²) in [5.74, 6) is -0.653. The molecule has 0 saturated carbocycles. The van der Waals surface area contributed by atoms with E-state index in [9.17, 15) is 14.4 Å². The van der Waals surface area contributed by atoms with Crippen LogP contribution in [0.25, 0.3) is 33.9 Å². The average molecular weight is 614 g/mol. The van der Waals surface area contributed by atoms with E-state index >= 15 is 0 Å². The van der Waals surface area contributed by atoms with Gasteiger partial charge in [0.15, 0.2) is 17.6 Å². The van der Waals surface area contributed by atoms with Gasteiger partial charge in [-0.15, -0.1) is 11.3 Å². The lowest BCUT2D eigenvalue weighted by Gasteiger charge is -2.16. The zero-order valence-corrected chi connectivity index (χ0v) is 25.2. The fourth-order valence-electron chi connectivity index (χ4n) is 5.39. The van der Waals surface area contributed by atoms with E-state index < -0.39 is 23.9 Å². The van der Waals surface area contributed by atoms with Crippen molar-refractivity contribution in [2.75, 3.05) is 12.4 Å². The summed E-state index contributed by atoms with van der Waals surface area (Å²) in [4.78, 5) is 50.0. The van der Waals surface area contributed by atoms with Crippen LogP contribution in [0.1, 0.15) is 70.2 Å². The van der Waals surface area contributed by atoms with E-state index in [0.29, 0.717) is 44.5 Å². The summed E-state index contributed by atoms with van der Waals surface area (Å²) in [6.07, 6.45) is 8.08. The number of aromatic nitrogens is 2. The fraction of sp³-hybridized carbons (Fsp3) is 0.303. The third-order valence-corrected chi connectivity index (χ3v) is 8.83. The van der Waals surface area contributed by atoms with Crippen molar-refractivity contribution in [1.29, 1.82) is 0 Å². The van der Waals surface area contributed by atoms with Crippen LogP contribution in [0, 0.1) is 0 Å². The van der Waals surface area contributed by atoms with Crippen LogP contribution in [-0.2, 0) is 27.1 Å². The summed E-state index contributed by atoms with van der Waals surface area (Å²) < 4.78 is 21.9. The number of furan rings is 2. The first-order valence-electron chi connectivity index (χ1n) is 14.6. The second-order valence-corrected chi connectivity index (χ2v) is 11.6. The van der Waals surface area contributed by atoms with Crippen molar-refractivity contribution >= 4 is 45.2 Å². The largest absolute Gasteiger partial charge is 0.465 e. The van der Waals surface area contributed by atoms with Gasteiger partial charge in [0.05, 0.1) is 41.8 Å². The van der Waals surface area contributed by atoms with Gasteiger partial charge in [0, 0.05) is 4.88 Å². The molecule has 6 rings (SSSR count). The molecule has 1 aromatic carbocycles. The smallest absolute Gasteiger partial charge is 0.341 e. The Balaban J connectivity index is 1.25. The van der Waals surface area contributed by atoms with Crippen LogP contribution < -0.4 is 5.32 Å². The molecule has 0 saturated heterocycles. The molecule has 1 N–H and O–H groups in total. The van der Waals surface area contributed by atoms with E-state index in [1.54, 1.807) is 61.9 Å². The van der Waals surface area contributed by atoms with Gasteiger partial charge in [-0.2, -0.15) is 0 Å². The summed E-state index contributed by atoms with van der Waals surface area (Å²) in [5.41, 5.74) is 3.50. The van der Waals surface area contributed by atoms with Crippen molar-refractivity contribution in [3.05, 3.63) is 76.6 Å². The Morgan fingerprint density at radius 2 is 1.59 bits per heavy atom. The average Bonchev–Trinajstić information content (AvgIpc) is 3.81. The van der Waals surface area contributed by atoms with Crippen molar-refractivity contribution < 1.29 is 32.7 Å². The minimum Gasteiger partial charge on any atom is -0.465 e. The lowest BCUT2D eigenvalue weighted by molar-refractivity contribution is -0.124. The van der Waals surface area contributed by atoms with Gasteiger partial charge in [-0.3, -0.25) is 4.79 Å². The number of thiophene rings is 1. The van der Waals surface area contributed by atoms with Crippen LogP contribution in [0.4, 0.5) is 5.00 Å². The molecule has 11 heteroatoms. The molecule has 0 radical (unpaired) electrons. The van der Waals surface area contributed by atoms with Gasteiger partial charge in [0.2, 0.25) is 0 Å². The van der Waals surface area contributed by atoms with E-state index in [0.717, 1.165) is 49.0 Å². The number of hydrogen-bond donors (Lipinski definition) is 1. The number of amides is 1. The molecule has 0 bridgehead atoms. The van der Waals surface area contributed by atoms with E-state index in [-0.39, 0.29) is 12.0 Å². The zero-order chi connectivity index (χ0) is 30.6. The molecule has 4 aromatic heterocycles. The second-order valence-electron chi connectivity index (χ2n) is 10.5. The van der Waals surface area contributed by atoms with E-state index in [1.807, 2.05) is 0 Å². The number of rotatable bonds is 8. The molecule has 1 amide bonds. The van der Waals surface area contributed by atoms with E-state index in [2.05, 4.69) is 5.32 Å². The van der Waals surface area contributed by atoms with Gasteiger partial charge in [-0.1, -0.05) is 19.8 Å². The van der Waals surface area contributed by atoms with Gasteiger partial charge < -0.3 is 23.6 Å². The highest BCUT2D eigenvalue weighted by atomic mass is 32.1. The molecule has 226 valence electrons. The van der Waals surface area contributed by atoms with E-state index in [4.69, 9.17) is 28.3 Å². The Kier molecular flexibility index (Phi) is 8.56. The quantitative estimate of drug-likeness (QED) is 0.180. The molecule has 1 unspecified atom stereocenters. The molecule has 1 aliphatic rings. The number of esters is 2. The topological polar surface area (TPSA) is 134 Å². The maximum Gasteiger partial charge on any atom is 0.341 e. The summed E-state index contributed by atoms with van der Waals surface area (Å²) in [7, 11) is 1.33. The predicted octanol–water partition coefficient (Wildman–Crippen LogP) is 7.23. The molecular formula is C33H31N3O7S. The summed E-state index contributed by atoms with van der Waals surface area (Å²) in [6, 6.07) is 11.9. The highest BCUT2D eigenvalue weighted by Crippen LogP contribution is 2.38. The number of fused-ring (bicyclic) bond motifs is 2. The minimum absolute atomic E-state index is 0.212. The Labute approximate surface area is 257 Å². The number of benzene rings is 1. The standard InChI is InChI=1S/C33H31N3O7S/c1-3-23(30(37)36-31-27(33(39)40-2)20-10-6-4-5-7-13-26(20)44-31)43-32(38)19-14-15-21-22(18-19)35-29(25-12-9-17-42-25)28(34-21)24-11-8-16-41-24/h8-9,11-12,14-18,23H,3-7,10,13H2,1-2H3,(H,36,37). The Morgan fingerprint density at radius 3 is 2.23 bits per heavy atom. The fourth-order valence-corrected chi connectivity index (χ4v) is 6.67. The highest BCUT2D eigenvalue weighted by molar-refractivity contribution is 7.17. The number of nitrogens with one attached hydrogen (secondary N) is 1. The molecule has 1 aliphatic carbocycles. The van der Waals surface area contributed by atoms with Crippen molar-refractivity contribution in [3.8, 4) is 22.9 Å². The molecular weight excluding hydrogens is 582 g/mol. The third kappa shape index (κ3) is 5.87. The van der Waals surface area contributed by atoms with Gasteiger partial charge in [-0.25, -0.2) is 19.6 Å². The van der Waals surface area contributed by atoms with Crippen molar-refractivity contribution in [1.82, 2.24) is 9.97 Å². The predicted molar refractivity (Wildman–Crippen MR) is 165 cm³/mol. The van der Waals surface area contributed by atoms with Crippen molar-refractivity contribution in [2.45, 2.75) is 58.0 Å². The number of carbonyl (C=O) groups is 3. The lowest BCUT2D eigenvalue weighted by Crippen LogP contribution is -2.32. The van der Waals surface area contributed by atoms with Crippen LogP contribution in [0.2, 0.25) is 0 Å². The van der Waals surface area contributed by atoms with Crippen LogP contribution in [0.15, 0.2) is 63.8 Å². The van der Waals surface area contributed by atoms with Crippen molar-refractivity contribution in [3.63, 3.8) is 0 Å². The van der Waals surface area contributed by atoms with Crippen molar-refractivity contribution in [2.24, 2.45) is 0 Å². The number of nitrogens with zero attached hydrogens (tertiary/aromatic N) is 2. The number of aryl methyl sites for hydroxylation is 1. The molecule has 0 aliphatic heterocycles. The van der Waals surface area contributed by atoms with Crippen LogP contribution in [0.5, 0.6) is 0 Å². The first-order valence-corrected chi connectivity index (χ1v) is 15.4. The molecule has 10 nitrogen and oxygen atoms in total. The Bertz CT molecular complexity index is 1810. The third-order valence-electron chi connectivity index (χ3n) is 7.62. The lowest BCUT2D eigenvalue weighted by atomic mass is 9.96. The number of anilines is 1. The Morgan fingerprint density at radius 1 is 0.909 bits per heavy atom. The van der Waals surface area contributed by atoms with Crippen LogP contribution in [-0.4, -0.2) is 41.0 Å². The highest BCUT2D eigenvalue weighted by Gasteiger charge is 2.29. The van der Waals surface area contributed by atoms with Crippen LogP contribution in [0.3, 0.4) is 0 Å². The monoisotopic (exact) mass is 613 g/mol. The summed E-state index contributed by atoms with van der Waals surface area (Å²) in [6.45, 7) is 1.75. The molecule has 1 atom stereocenters. The number of hydrogen-bond acceptors (Lipinski definition) is 10. The zero-order valence-electron chi connectivity index (χ0n) is 24.4. The van der Waals surface area contributed by atoms with Gasteiger partial charge >= 0.3 is 11.9 Å². The molecule has 5 aromatic rings. The second kappa shape index (κ2) is 12.8. The normalized spacial score (nSPS) is 13.9. The van der Waals surface area contributed by atoms with Gasteiger partial charge in [-0.05, 0) is 80.1 Å².